The second kappa shape index (κ2) is 6.91. The van der Waals surface area contributed by atoms with E-state index in [1.54, 1.807) is 11.3 Å². The quantitative estimate of drug-likeness (QED) is 0.726. The van der Waals surface area contributed by atoms with Gasteiger partial charge in [0.05, 0.1) is 12.2 Å². The first kappa shape index (κ1) is 15.8. The van der Waals surface area contributed by atoms with Crippen LogP contribution in [0.4, 0.5) is 5.82 Å². The normalized spacial score (nSPS) is 11.4. The number of carbonyl (C=O) groups excluding carboxylic acids is 1. The zero-order chi connectivity index (χ0) is 15.4. The van der Waals surface area contributed by atoms with Crippen LogP contribution >= 0.6 is 11.3 Å². The van der Waals surface area contributed by atoms with Gasteiger partial charge in [-0.3, -0.25) is 9.20 Å². The molecule has 0 atom stereocenters. The fourth-order valence-corrected chi connectivity index (χ4v) is 3.00. The van der Waals surface area contributed by atoms with E-state index in [2.05, 4.69) is 21.6 Å². The lowest BCUT2D eigenvalue weighted by atomic mass is 10.2. The van der Waals surface area contributed by atoms with Gasteiger partial charge in [-0.2, -0.15) is 0 Å². The number of aromatic nitrogens is 2. The fraction of sp³-hybridized carbons (Fsp3) is 0.571. The molecule has 2 rings (SSSR count). The van der Waals surface area contributed by atoms with Crippen molar-refractivity contribution in [3.8, 4) is 0 Å². The molecule has 0 saturated heterocycles. The van der Waals surface area contributed by atoms with E-state index in [0.717, 1.165) is 36.0 Å². The number of nitrogens with zero attached hydrogens (tertiary/aromatic N) is 3. The van der Waals surface area contributed by atoms with Gasteiger partial charge in [0.15, 0.2) is 10.8 Å². The van der Waals surface area contributed by atoms with E-state index in [4.69, 9.17) is 5.73 Å². The van der Waals surface area contributed by atoms with Crippen LogP contribution in [-0.4, -0.2) is 34.4 Å². The highest BCUT2D eigenvalue weighted by Gasteiger charge is 2.22. The van der Waals surface area contributed by atoms with Crippen LogP contribution in [0.2, 0.25) is 0 Å². The Balaban J connectivity index is 2.37. The monoisotopic (exact) mass is 309 g/mol. The average molecular weight is 309 g/mol. The van der Waals surface area contributed by atoms with E-state index in [9.17, 15) is 4.79 Å². The van der Waals surface area contributed by atoms with Crippen molar-refractivity contribution < 1.29 is 4.79 Å². The zero-order valence-electron chi connectivity index (χ0n) is 12.8. The summed E-state index contributed by atoms with van der Waals surface area (Å²) in [7, 11) is 0. The molecule has 2 aromatic rings. The van der Waals surface area contributed by atoms with E-state index in [1.165, 1.54) is 0 Å². The smallest absolute Gasteiger partial charge is 0.237 e. The summed E-state index contributed by atoms with van der Waals surface area (Å²) in [4.78, 5) is 18.9. The molecular weight excluding hydrogens is 286 g/mol. The summed E-state index contributed by atoms with van der Waals surface area (Å²) in [6, 6.07) is 0.159. The molecule has 0 saturated carbocycles. The number of nitrogens with two attached hydrogens (primary N) is 1. The number of thiazole rings is 1. The Morgan fingerprint density at radius 3 is 2.95 bits per heavy atom. The van der Waals surface area contributed by atoms with Gasteiger partial charge in [-0.1, -0.05) is 6.92 Å². The van der Waals surface area contributed by atoms with Gasteiger partial charge in [-0.05, 0) is 26.8 Å². The number of primary amides is 1. The third kappa shape index (κ3) is 3.54. The average Bonchev–Trinajstić information content (AvgIpc) is 2.98. The molecule has 0 aliphatic heterocycles. The van der Waals surface area contributed by atoms with Gasteiger partial charge in [-0.15, -0.1) is 11.3 Å². The predicted molar refractivity (Wildman–Crippen MR) is 86.7 cm³/mol. The molecule has 0 bridgehead atoms. The number of imidazole rings is 1. The lowest BCUT2D eigenvalue weighted by Gasteiger charge is -2.26. The van der Waals surface area contributed by atoms with Gasteiger partial charge in [0, 0.05) is 24.2 Å². The summed E-state index contributed by atoms with van der Waals surface area (Å²) in [5.41, 5.74) is 6.46. The van der Waals surface area contributed by atoms with Crippen LogP contribution in [0.1, 0.15) is 32.9 Å². The fourth-order valence-electron chi connectivity index (χ4n) is 2.27. The predicted octanol–water partition coefficient (Wildman–Crippen LogP) is 1.60. The van der Waals surface area contributed by atoms with Crippen LogP contribution in [0.15, 0.2) is 11.6 Å². The molecule has 0 unspecified atom stereocenters. The Morgan fingerprint density at radius 2 is 2.33 bits per heavy atom. The molecule has 0 spiro atoms. The van der Waals surface area contributed by atoms with Gasteiger partial charge < -0.3 is 16.0 Å². The molecule has 116 valence electrons. The minimum absolute atomic E-state index is 0.159. The lowest BCUT2D eigenvalue weighted by Crippen LogP contribution is -2.39. The van der Waals surface area contributed by atoms with Crippen LogP contribution in [0, 0.1) is 0 Å². The third-order valence-corrected chi connectivity index (χ3v) is 4.04. The number of nitrogens with one attached hydrogen (secondary N) is 1. The Hall–Kier alpha value is -1.60. The maximum atomic E-state index is 11.3. The van der Waals surface area contributed by atoms with Crippen molar-refractivity contribution in [2.75, 3.05) is 18.0 Å². The molecule has 2 heterocycles. The van der Waals surface area contributed by atoms with Gasteiger partial charge in [0.2, 0.25) is 5.91 Å². The van der Waals surface area contributed by atoms with Crippen molar-refractivity contribution in [1.29, 1.82) is 0 Å². The summed E-state index contributed by atoms with van der Waals surface area (Å²) < 4.78 is 2.08. The number of fused-ring (bicyclic) bond motifs is 1. The number of carbonyl (C=O) groups is 1. The van der Waals surface area contributed by atoms with E-state index < -0.39 is 0 Å². The second-order valence-corrected chi connectivity index (χ2v) is 6.18. The van der Waals surface area contributed by atoms with Crippen molar-refractivity contribution in [2.24, 2.45) is 5.73 Å². The first-order valence-electron chi connectivity index (χ1n) is 7.24. The van der Waals surface area contributed by atoms with E-state index in [-0.39, 0.29) is 18.5 Å². The summed E-state index contributed by atoms with van der Waals surface area (Å²) >= 11 is 1.59. The number of amides is 1. The standard InChI is InChI=1S/C14H23N5OS/c1-4-5-16-8-11-13(17-14-18(11)6-7-21-14)19(10(2)3)9-12(15)20/h6-7,10,16H,4-5,8-9H2,1-3H3,(H2,15,20). The van der Waals surface area contributed by atoms with Crippen molar-refractivity contribution in [2.45, 2.75) is 39.8 Å². The Morgan fingerprint density at radius 1 is 1.57 bits per heavy atom. The Kier molecular flexibility index (Phi) is 5.19. The molecule has 3 N–H and O–H groups in total. The number of rotatable bonds is 8. The lowest BCUT2D eigenvalue weighted by molar-refractivity contribution is -0.116. The molecule has 6 nitrogen and oxygen atoms in total. The largest absolute Gasteiger partial charge is 0.368 e. The van der Waals surface area contributed by atoms with Crippen LogP contribution in [0.5, 0.6) is 0 Å². The van der Waals surface area contributed by atoms with Crippen molar-refractivity contribution in [3.05, 3.63) is 17.3 Å². The molecule has 21 heavy (non-hydrogen) atoms. The maximum absolute atomic E-state index is 11.3. The first-order valence-corrected chi connectivity index (χ1v) is 8.12. The molecule has 1 amide bonds. The van der Waals surface area contributed by atoms with E-state index >= 15 is 0 Å². The van der Waals surface area contributed by atoms with Gasteiger partial charge in [0.25, 0.3) is 0 Å². The summed E-state index contributed by atoms with van der Waals surface area (Å²) in [5, 5.41) is 5.42. The van der Waals surface area contributed by atoms with Gasteiger partial charge in [0.1, 0.15) is 0 Å². The number of hydrogen-bond donors (Lipinski definition) is 2. The van der Waals surface area contributed by atoms with E-state index in [0.29, 0.717) is 0 Å². The van der Waals surface area contributed by atoms with Crippen molar-refractivity contribution in [3.63, 3.8) is 0 Å². The first-order chi connectivity index (χ1) is 10.0. The van der Waals surface area contributed by atoms with Crippen LogP contribution in [0.3, 0.4) is 0 Å². The zero-order valence-corrected chi connectivity index (χ0v) is 13.6. The minimum Gasteiger partial charge on any atom is -0.368 e. The molecule has 0 aliphatic carbocycles. The highest BCUT2D eigenvalue weighted by atomic mass is 32.1. The van der Waals surface area contributed by atoms with Crippen LogP contribution in [0.25, 0.3) is 4.96 Å². The Bertz CT molecular complexity index is 604. The van der Waals surface area contributed by atoms with E-state index in [1.807, 2.05) is 30.3 Å². The minimum atomic E-state index is -0.340. The van der Waals surface area contributed by atoms with Crippen molar-refractivity contribution in [1.82, 2.24) is 14.7 Å². The number of hydrogen-bond acceptors (Lipinski definition) is 5. The third-order valence-electron chi connectivity index (χ3n) is 3.28. The SMILES string of the molecule is CCCNCc1c(N(CC(N)=O)C(C)C)nc2sccn12. The molecule has 0 aromatic carbocycles. The summed E-state index contributed by atoms with van der Waals surface area (Å²) in [6.07, 6.45) is 3.10. The highest BCUT2D eigenvalue weighted by Crippen LogP contribution is 2.26. The van der Waals surface area contributed by atoms with Gasteiger partial charge >= 0.3 is 0 Å². The molecule has 0 aliphatic rings. The summed E-state index contributed by atoms with van der Waals surface area (Å²) in [6.45, 7) is 8.08. The molecule has 7 heteroatoms. The highest BCUT2D eigenvalue weighted by molar-refractivity contribution is 7.15. The number of anilines is 1. The van der Waals surface area contributed by atoms with Crippen LogP contribution < -0.4 is 16.0 Å². The maximum Gasteiger partial charge on any atom is 0.237 e. The molecule has 0 radical (unpaired) electrons. The topological polar surface area (TPSA) is 75.7 Å². The molecule has 0 fully saturated rings. The van der Waals surface area contributed by atoms with Crippen LogP contribution in [-0.2, 0) is 11.3 Å². The van der Waals surface area contributed by atoms with Crippen molar-refractivity contribution >= 4 is 28.0 Å². The molecule has 2 aromatic heterocycles. The molecular formula is C14H23N5OS. The Labute approximate surface area is 129 Å². The summed E-state index contributed by atoms with van der Waals surface area (Å²) in [5.74, 6) is 0.506. The van der Waals surface area contributed by atoms with Gasteiger partial charge in [-0.25, -0.2) is 4.98 Å². The second-order valence-electron chi connectivity index (χ2n) is 5.30.